The lowest BCUT2D eigenvalue weighted by Gasteiger charge is -2.43. The van der Waals surface area contributed by atoms with Crippen molar-refractivity contribution in [2.45, 2.75) is 38.3 Å². The van der Waals surface area contributed by atoms with Gasteiger partial charge in [-0.25, -0.2) is 0 Å². The third kappa shape index (κ3) is 1.51. The summed E-state index contributed by atoms with van der Waals surface area (Å²) in [5.74, 6) is -1.33. The minimum atomic E-state index is -1.35. The molecule has 5 nitrogen and oxygen atoms in total. The number of hydrogen-bond acceptors (Lipinski definition) is 5. The summed E-state index contributed by atoms with van der Waals surface area (Å²) < 4.78 is 11.0. The van der Waals surface area contributed by atoms with Crippen LogP contribution in [-0.4, -0.2) is 27.7 Å². The highest BCUT2D eigenvalue weighted by Crippen LogP contribution is 2.48. The van der Waals surface area contributed by atoms with Crippen molar-refractivity contribution in [2.24, 2.45) is 0 Å². The molecule has 3 N–H and O–H groups in total. The van der Waals surface area contributed by atoms with Gasteiger partial charge in [0.2, 0.25) is 0 Å². The molecule has 0 bridgehead atoms. The summed E-state index contributed by atoms with van der Waals surface area (Å²) in [6.45, 7) is 2.29. The van der Waals surface area contributed by atoms with Gasteiger partial charge in [-0.05, 0) is 25.0 Å². The maximum Gasteiger partial charge on any atom is 0.196 e. The summed E-state index contributed by atoms with van der Waals surface area (Å²) >= 11 is 0. The lowest BCUT2D eigenvalue weighted by molar-refractivity contribution is -0.305. The van der Waals surface area contributed by atoms with Crippen LogP contribution in [0.3, 0.4) is 0 Å². The molecule has 2 aliphatic rings. The number of phenols is 2. The first-order valence-corrected chi connectivity index (χ1v) is 6.05. The summed E-state index contributed by atoms with van der Waals surface area (Å²) in [6.07, 6.45) is 0.575. The third-order valence-electron chi connectivity index (χ3n) is 3.79. The molecule has 0 radical (unpaired) electrons. The molecule has 0 aliphatic carbocycles. The van der Waals surface area contributed by atoms with Gasteiger partial charge in [0.05, 0.1) is 6.61 Å². The highest BCUT2D eigenvalue weighted by Gasteiger charge is 2.47. The highest BCUT2D eigenvalue weighted by atomic mass is 16.7. The fourth-order valence-electron chi connectivity index (χ4n) is 2.68. The second-order valence-electron chi connectivity index (χ2n) is 4.92. The Balaban J connectivity index is 2.15. The lowest BCUT2D eigenvalue weighted by Crippen LogP contribution is -2.46. The van der Waals surface area contributed by atoms with Gasteiger partial charge >= 0.3 is 0 Å². The summed E-state index contributed by atoms with van der Waals surface area (Å²) in [7, 11) is 0. The first-order valence-electron chi connectivity index (χ1n) is 6.05. The molecule has 2 heterocycles. The van der Waals surface area contributed by atoms with Gasteiger partial charge in [-0.3, -0.25) is 0 Å². The topological polar surface area (TPSA) is 79.2 Å². The predicted molar refractivity (Wildman–Crippen MR) is 62.2 cm³/mol. The Kier molecular flexibility index (Phi) is 2.52. The third-order valence-corrected chi connectivity index (χ3v) is 3.79. The van der Waals surface area contributed by atoms with E-state index in [-0.39, 0.29) is 18.1 Å². The Hall–Kier alpha value is -1.30. The summed E-state index contributed by atoms with van der Waals surface area (Å²) in [5, 5.41) is 30.2. The molecule has 0 amide bonds. The van der Waals surface area contributed by atoms with Crippen LogP contribution in [0.1, 0.15) is 35.6 Å². The van der Waals surface area contributed by atoms with Gasteiger partial charge in [0, 0.05) is 24.2 Å². The van der Waals surface area contributed by atoms with Crippen molar-refractivity contribution in [3.8, 4) is 11.5 Å². The minimum absolute atomic E-state index is 0.00433. The van der Waals surface area contributed by atoms with E-state index in [2.05, 4.69) is 0 Å². The van der Waals surface area contributed by atoms with E-state index in [1.807, 2.05) is 0 Å². The van der Waals surface area contributed by atoms with Crippen LogP contribution in [0.15, 0.2) is 6.07 Å². The Morgan fingerprint density at radius 1 is 1.39 bits per heavy atom. The summed E-state index contributed by atoms with van der Waals surface area (Å²) in [6, 6.07) is 1.55. The van der Waals surface area contributed by atoms with Crippen LogP contribution in [0.5, 0.6) is 11.5 Å². The van der Waals surface area contributed by atoms with Gasteiger partial charge in [0.15, 0.2) is 5.79 Å². The molecule has 1 saturated heterocycles. The van der Waals surface area contributed by atoms with Crippen LogP contribution in [0.25, 0.3) is 0 Å². The molecule has 0 saturated carbocycles. The van der Waals surface area contributed by atoms with Crippen LogP contribution in [-0.2, 0) is 16.1 Å². The highest BCUT2D eigenvalue weighted by molar-refractivity contribution is 5.53. The van der Waals surface area contributed by atoms with E-state index in [1.54, 1.807) is 13.0 Å². The quantitative estimate of drug-likeness (QED) is 0.651. The smallest absolute Gasteiger partial charge is 0.196 e. The largest absolute Gasteiger partial charge is 0.508 e. The molecular formula is C13H16O5. The number of fused-ring (bicyclic) bond motifs is 3. The van der Waals surface area contributed by atoms with Gasteiger partial charge in [0.25, 0.3) is 0 Å². The molecule has 1 fully saturated rings. The summed E-state index contributed by atoms with van der Waals surface area (Å²) in [4.78, 5) is 0. The zero-order chi connectivity index (χ0) is 12.9. The standard InChI is InChI=1S/C13H16O5/c1-7-10(14)5-8-9(11(7)15)6-18-13(16)3-2-4-17-12(8)13/h5,12,14-16H,2-4,6H2,1H3. The van der Waals surface area contributed by atoms with Crippen molar-refractivity contribution >= 4 is 0 Å². The van der Waals surface area contributed by atoms with E-state index in [9.17, 15) is 15.3 Å². The molecule has 2 atom stereocenters. The first kappa shape index (κ1) is 11.8. The monoisotopic (exact) mass is 252 g/mol. The number of phenolic OH excluding ortho intramolecular Hbond substituents is 2. The van der Waals surface area contributed by atoms with Gasteiger partial charge in [-0.1, -0.05) is 0 Å². The normalized spacial score (nSPS) is 30.7. The zero-order valence-corrected chi connectivity index (χ0v) is 10.1. The number of benzene rings is 1. The summed E-state index contributed by atoms with van der Waals surface area (Å²) in [5.41, 5.74) is 1.62. The molecule has 0 spiro atoms. The van der Waals surface area contributed by atoms with Crippen LogP contribution in [0.4, 0.5) is 0 Å². The van der Waals surface area contributed by atoms with E-state index >= 15 is 0 Å². The van der Waals surface area contributed by atoms with Crippen molar-refractivity contribution in [2.75, 3.05) is 6.61 Å². The number of aliphatic hydroxyl groups is 1. The van der Waals surface area contributed by atoms with E-state index < -0.39 is 11.9 Å². The molecule has 1 aromatic carbocycles. The number of rotatable bonds is 0. The Bertz CT molecular complexity index is 499. The van der Waals surface area contributed by atoms with E-state index in [1.165, 1.54) is 0 Å². The SMILES string of the molecule is Cc1c(O)cc2c(c1O)COC1(O)CCCOC21. The lowest BCUT2D eigenvalue weighted by atomic mass is 9.87. The maximum absolute atomic E-state index is 10.4. The van der Waals surface area contributed by atoms with Gasteiger partial charge < -0.3 is 24.8 Å². The second-order valence-corrected chi connectivity index (χ2v) is 4.92. The molecule has 2 aliphatic heterocycles. The molecule has 3 rings (SSSR count). The fourth-order valence-corrected chi connectivity index (χ4v) is 2.68. The average Bonchev–Trinajstić information content (AvgIpc) is 2.35. The molecular weight excluding hydrogens is 236 g/mol. The Morgan fingerprint density at radius 2 is 2.17 bits per heavy atom. The number of ether oxygens (including phenoxy) is 2. The first-order chi connectivity index (χ1) is 8.53. The molecule has 2 unspecified atom stereocenters. The molecule has 18 heavy (non-hydrogen) atoms. The van der Waals surface area contributed by atoms with Crippen LogP contribution < -0.4 is 0 Å². The van der Waals surface area contributed by atoms with Crippen molar-refractivity contribution in [3.63, 3.8) is 0 Å². The van der Waals surface area contributed by atoms with Crippen LogP contribution in [0, 0.1) is 6.92 Å². The number of hydrogen-bond donors (Lipinski definition) is 3. The van der Waals surface area contributed by atoms with E-state index in [4.69, 9.17) is 9.47 Å². The van der Waals surface area contributed by atoms with Crippen LogP contribution in [0.2, 0.25) is 0 Å². The molecule has 98 valence electrons. The van der Waals surface area contributed by atoms with Crippen LogP contribution >= 0.6 is 0 Å². The fraction of sp³-hybridized carbons (Fsp3) is 0.538. The van der Waals surface area contributed by atoms with E-state index in [0.717, 1.165) is 6.42 Å². The Labute approximate surface area is 105 Å². The van der Waals surface area contributed by atoms with Gasteiger partial charge in [-0.2, -0.15) is 0 Å². The zero-order valence-electron chi connectivity index (χ0n) is 10.1. The van der Waals surface area contributed by atoms with Gasteiger partial charge in [0.1, 0.15) is 17.6 Å². The number of aromatic hydroxyl groups is 2. The Morgan fingerprint density at radius 3 is 2.94 bits per heavy atom. The average molecular weight is 252 g/mol. The molecule has 5 heteroatoms. The molecule has 1 aromatic rings. The van der Waals surface area contributed by atoms with Crippen molar-refractivity contribution in [3.05, 3.63) is 22.8 Å². The van der Waals surface area contributed by atoms with Crippen molar-refractivity contribution in [1.29, 1.82) is 0 Å². The second kappa shape index (κ2) is 3.85. The minimum Gasteiger partial charge on any atom is -0.508 e. The van der Waals surface area contributed by atoms with Gasteiger partial charge in [-0.15, -0.1) is 0 Å². The maximum atomic E-state index is 10.4. The molecule has 0 aromatic heterocycles. The van der Waals surface area contributed by atoms with Crippen molar-refractivity contribution in [1.82, 2.24) is 0 Å². The van der Waals surface area contributed by atoms with Crippen molar-refractivity contribution < 1.29 is 24.8 Å². The van der Waals surface area contributed by atoms with E-state index in [0.29, 0.717) is 29.7 Å². The predicted octanol–water partition coefficient (Wildman–Crippen LogP) is 1.48.